The lowest BCUT2D eigenvalue weighted by Gasteiger charge is -2.30. The van der Waals surface area contributed by atoms with Gasteiger partial charge < -0.3 is 5.32 Å². The van der Waals surface area contributed by atoms with Gasteiger partial charge in [-0.25, -0.2) is 8.42 Å². The topological polar surface area (TPSA) is 102 Å². The molecule has 0 heterocycles. The summed E-state index contributed by atoms with van der Waals surface area (Å²) in [5.74, 6) is -1.50. The molecule has 224 valence electrons. The third kappa shape index (κ3) is 12.7. The minimum atomic E-state index is -4.72. The van der Waals surface area contributed by atoms with Crippen molar-refractivity contribution in [3.63, 3.8) is 0 Å². The first-order valence-corrected chi connectivity index (χ1v) is 16.5. The van der Waals surface area contributed by atoms with E-state index in [1.807, 2.05) is 4.89 Å². The van der Waals surface area contributed by atoms with E-state index < -0.39 is 31.3 Å². The summed E-state index contributed by atoms with van der Waals surface area (Å²) < 4.78 is 23.3. The first kappa shape index (κ1) is 35.5. The van der Waals surface area contributed by atoms with Crippen molar-refractivity contribution in [2.45, 2.75) is 122 Å². The number of hydrogen-bond donors (Lipinski definition) is 2. The van der Waals surface area contributed by atoms with Crippen molar-refractivity contribution in [2.75, 3.05) is 11.9 Å². The van der Waals surface area contributed by atoms with E-state index in [-0.39, 0.29) is 6.61 Å². The summed E-state index contributed by atoms with van der Waals surface area (Å²) in [6, 6.07) is 8.23. The second-order valence-corrected chi connectivity index (χ2v) is 14.2. The Hall–Kier alpha value is -1.48. The van der Waals surface area contributed by atoms with Crippen LogP contribution < -0.4 is 10.2 Å². The summed E-state index contributed by atoms with van der Waals surface area (Å²) in [7, 11) is -4.72. The van der Waals surface area contributed by atoms with Crippen molar-refractivity contribution < 1.29 is 22.8 Å². The highest BCUT2D eigenvalue weighted by Crippen LogP contribution is 2.34. The molecule has 2 atom stereocenters. The highest BCUT2D eigenvalue weighted by molar-refractivity contribution is 7.94. The first-order chi connectivity index (χ1) is 18.4. The fraction of sp³-hybridized carbons (Fsp3) is 0.733. The number of nitrogens with one attached hydrogen (secondary N) is 2. The van der Waals surface area contributed by atoms with Crippen LogP contribution in [-0.2, 0) is 24.4 Å². The van der Waals surface area contributed by atoms with Gasteiger partial charge in [0.1, 0.15) is 0 Å². The van der Waals surface area contributed by atoms with E-state index in [1.165, 1.54) is 85.0 Å². The normalized spacial score (nSPS) is 14.5. The predicted molar refractivity (Wildman–Crippen MR) is 161 cm³/mol. The number of rotatable bonds is 21. The van der Waals surface area contributed by atoms with Crippen LogP contribution in [0.4, 0.5) is 5.69 Å². The number of halogens is 1. The Morgan fingerprint density at radius 1 is 0.872 bits per heavy atom. The molecule has 0 aliphatic heterocycles. The number of amides is 1. The van der Waals surface area contributed by atoms with Crippen LogP contribution in [0.3, 0.4) is 0 Å². The molecule has 0 fully saturated rings. The maximum Gasteiger partial charge on any atom is 0.297 e. The summed E-state index contributed by atoms with van der Waals surface area (Å²) in [5, 5.41) is 2.44. The van der Waals surface area contributed by atoms with Gasteiger partial charge in [-0.05, 0) is 24.5 Å². The molecule has 2 unspecified atom stereocenters. The second-order valence-electron chi connectivity index (χ2n) is 11.6. The Morgan fingerprint density at radius 3 is 1.92 bits per heavy atom. The zero-order chi connectivity index (χ0) is 29.4. The number of carbonyl (C=O) groups is 2. The van der Waals surface area contributed by atoms with Crippen molar-refractivity contribution >= 4 is 39.0 Å². The predicted octanol–water partition coefficient (Wildman–Crippen LogP) is 7.75. The lowest BCUT2D eigenvalue weighted by atomic mass is 9.88. The van der Waals surface area contributed by atoms with Gasteiger partial charge in [0.05, 0.1) is 6.61 Å². The maximum absolute atomic E-state index is 13.1. The van der Waals surface area contributed by atoms with Gasteiger partial charge in [-0.1, -0.05) is 146 Å². The molecule has 9 heteroatoms. The Balaban J connectivity index is 2.46. The highest BCUT2D eigenvalue weighted by Gasteiger charge is 2.59. The molecule has 0 aliphatic rings. The number of Topliss-reactive ketones (excluding diaryl/α,β-unsaturated/α-hetero) is 1. The summed E-state index contributed by atoms with van der Waals surface area (Å²) >= 11 is 6.36. The van der Waals surface area contributed by atoms with Gasteiger partial charge in [0.15, 0.2) is 5.78 Å². The quantitative estimate of drug-likeness (QED) is 0.0663. The van der Waals surface area contributed by atoms with E-state index in [0.29, 0.717) is 18.0 Å². The molecular formula is C30H51ClN2O5S. The summed E-state index contributed by atoms with van der Waals surface area (Å²) in [4.78, 5) is 33.3. The van der Waals surface area contributed by atoms with E-state index in [9.17, 15) is 18.0 Å². The number of hydrogen-bond acceptors (Lipinski definition) is 5. The van der Waals surface area contributed by atoms with Crippen molar-refractivity contribution in [2.24, 2.45) is 11.3 Å². The Kier molecular flexibility index (Phi) is 16.5. The first-order valence-electron chi connectivity index (χ1n) is 14.6. The number of unbranched alkanes of at least 4 members (excludes halogenated alkanes) is 9. The molecule has 1 amide bonds. The molecule has 0 spiro atoms. The van der Waals surface area contributed by atoms with E-state index in [1.54, 1.807) is 30.3 Å². The molecule has 0 aromatic heterocycles. The van der Waals surface area contributed by atoms with Crippen LogP contribution in [0.25, 0.3) is 0 Å². The lowest BCUT2D eigenvalue weighted by molar-refractivity contribution is -0.131. The molecule has 0 radical (unpaired) electrons. The number of ketones is 1. The highest BCUT2D eigenvalue weighted by atomic mass is 35.5. The molecular weight excluding hydrogens is 536 g/mol. The number of alkyl halides is 1. The number of para-hydroxylation sites is 1. The van der Waals surface area contributed by atoms with Gasteiger partial charge in [0.25, 0.3) is 20.1 Å². The van der Waals surface area contributed by atoms with E-state index in [0.717, 1.165) is 12.8 Å². The molecule has 1 aromatic carbocycles. The molecule has 0 bridgehead atoms. The SMILES string of the molecule is CCCCCCCCCCCC(C)CCCCONS(=O)(=O)C(Cl)(C(=O)Nc1ccccc1)C(=O)C(C)(C)C. The molecule has 1 rings (SSSR count). The van der Waals surface area contributed by atoms with Gasteiger partial charge in [-0.2, -0.15) is 0 Å². The standard InChI is InChI=1S/C30H51ClN2O5S/c1-6-7-8-9-10-11-12-13-15-20-25(2)21-18-19-24-38-33-39(36,37)30(31,27(34)29(3,4)5)28(35)32-26-22-16-14-17-23-26/h14,16-17,22-23,25,33H,6-13,15,18-21,24H2,1-5H3,(H,32,35). The molecule has 2 N–H and O–H groups in total. The zero-order valence-electron chi connectivity index (χ0n) is 24.7. The second kappa shape index (κ2) is 18.1. The van der Waals surface area contributed by atoms with Gasteiger partial charge in [0.2, 0.25) is 0 Å². The van der Waals surface area contributed by atoms with Crippen LogP contribution >= 0.6 is 11.6 Å². The molecule has 7 nitrogen and oxygen atoms in total. The molecule has 0 aliphatic carbocycles. The molecule has 39 heavy (non-hydrogen) atoms. The van der Waals surface area contributed by atoms with Crippen molar-refractivity contribution in [1.29, 1.82) is 0 Å². The van der Waals surface area contributed by atoms with E-state index in [2.05, 4.69) is 19.2 Å². The average Bonchev–Trinajstić information content (AvgIpc) is 2.88. The van der Waals surface area contributed by atoms with Crippen LogP contribution in [0.1, 0.15) is 118 Å². The third-order valence-corrected chi connectivity index (χ3v) is 9.23. The van der Waals surface area contributed by atoms with Crippen molar-refractivity contribution in [3.8, 4) is 0 Å². The fourth-order valence-corrected chi connectivity index (χ4v) is 5.98. The Bertz CT molecular complexity index is 950. The third-order valence-electron chi connectivity index (χ3n) is 6.83. The maximum atomic E-state index is 13.1. The van der Waals surface area contributed by atoms with Crippen LogP contribution in [0.5, 0.6) is 0 Å². The lowest BCUT2D eigenvalue weighted by Crippen LogP contribution is -2.58. The average molecular weight is 587 g/mol. The van der Waals surface area contributed by atoms with Crippen LogP contribution in [-0.4, -0.2) is 30.9 Å². The Morgan fingerprint density at radius 2 is 1.38 bits per heavy atom. The van der Waals surface area contributed by atoms with E-state index >= 15 is 0 Å². The fourth-order valence-electron chi connectivity index (χ4n) is 4.35. The molecule has 0 saturated carbocycles. The van der Waals surface area contributed by atoms with Gasteiger partial charge >= 0.3 is 0 Å². The van der Waals surface area contributed by atoms with Crippen LogP contribution in [0.15, 0.2) is 30.3 Å². The zero-order valence-corrected chi connectivity index (χ0v) is 26.3. The Labute approximate surface area is 242 Å². The number of anilines is 1. The minimum Gasteiger partial charge on any atom is -0.323 e. The smallest absolute Gasteiger partial charge is 0.297 e. The molecule has 0 saturated heterocycles. The van der Waals surface area contributed by atoms with Crippen LogP contribution in [0.2, 0.25) is 0 Å². The van der Waals surface area contributed by atoms with Crippen molar-refractivity contribution in [3.05, 3.63) is 30.3 Å². The van der Waals surface area contributed by atoms with Crippen molar-refractivity contribution in [1.82, 2.24) is 4.89 Å². The monoisotopic (exact) mass is 586 g/mol. The van der Waals surface area contributed by atoms with Crippen LogP contribution in [0, 0.1) is 11.3 Å². The number of sulfonamides is 1. The van der Waals surface area contributed by atoms with Gasteiger partial charge in [0, 0.05) is 11.1 Å². The summed E-state index contributed by atoms with van der Waals surface area (Å²) in [5.41, 5.74) is -0.878. The number of benzene rings is 1. The summed E-state index contributed by atoms with van der Waals surface area (Å²) in [6.07, 6.45) is 15.7. The largest absolute Gasteiger partial charge is 0.323 e. The summed E-state index contributed by atoms with van der Waals surface area (Å²) in [6.45, 7) is 9.13. The minimum absolute atomic E-state index is 0.112. The van der Waals surface area contributed by atoms with Gasteiger partial charge in [-0.15, -0.1) is 0 Å². The number of carbonyl (C=O) groups excluding carboxylic acids is 2. The van der Waals surface area contributed by atoms with Gasteiger partial charge in [-0.3, -0.25) is 14.4 Å². The molecule has 1 aromatic rings. The van der Waals surface area contributed by atoms with E-state index in [4.69, 9.17) is 16.4 Å².